The number of carbonyl (C=O) groups excluding carboxylic acids is 2. The van der Waals surface area contributed by atoms with Crippen LogP contribution >= 0.6 is 0 Å². The van der Waals surface area contributed by atoms with E-state index in [1.165, 1.54) is 30.7 Å². The molecular weight excluding hydrogens is 294 g/mol. The summed E-state index contributed by atoms with van der Waals surface area (Å²) in [6, 6.07) is 1.46. The van der Waals surface area contributed by atoms with Crippen molar-refractivity contribution in [1.29, 1.82) is 0 Å². The van der Waals surface area contributed by atoms with E-state index in [9.17, 15) is 19.5 Å². The number of hydrogen-bond donors (Lipinski definition) is 2. The van der Waals surface area contributed by atoms with Gasteiger partial charge in [-0.3, -0.25) is 14.2 Å². The Morgan fingerprint density at radius 1 is 1.55 bits per heavy atom. The van der Waals surface area contributed by atoms with Crippen molar-refractivity contribution < 1.29 is 24.2 Å². The van der Waals surface area contributed by atoms with Crippen molar-refractivity contribution in [2.24, 2.45) is 0 Å². The normalized spacial score (nSPS) is 24.0. The molecule has 2 N–H and O–H groups in total. The first kappa shape index (κ1) is 16.1. The predicted molar refractivity (Wildman–Crippen MR) is 74.0 cm³/mol. The zero-order chi connectivity index (χ0) is 16.3. The minimum atomic E-state index is -0.701. The number of aliphatic hydroxyl groups excluding tert-OH is 1. The molecule has 0 aromatic carbocycles. The standard InChI is InChI=1S/C13H17N3O6/c1-7(18)14-11-3-4-16(13(20)15-11)12-5-9(21-8(2)19)10(6-17)22-12/h3-4,9-10,12,17H,5-6H2,1-2H3,(H,14,15,18,20)/t9?,10-,12-/m1/s1. The van der Waals surface area contributed by atoms with Gasteiger partial charge in [-0.1, -0.05) is 0 Å². The Morgan fingerprint density at radius 3 is 2.82 bits per heavy atom. The third-order valence-electron chi connectivity index (χ3n) is 3.12. The number of nitrogens with one attached hydrogen (secondary N) is 1. The lowest BCUT2D eigenvalue weighted by Gasteiger charge is -2.15. The summed E-state index contributed by atoms with van der Waals surface area (Å²) in [5, 5.41) is 11.7. The highest BCUT2D eigenvalue weighted by molar-refractivity contribution is 5.87. The SMILES string of the molecule is CC(=O)Nc1ccn([C@H]2CC(OC(C)=O)[C@@H](CO)O2)c(=O)n1. The Morgan fingerprint density at radius 2 is 2.27 bits per heavy atom. The van der Waals surface area contributed by atoms with Gasteiger partial charge in [0, 0.05) is 26.5 Å². The Balaban J connectivity index is 2.17. The van der Waals surface area contributed by atoms with Crippen LogP contribution < -0.4 is 11.0 Å². The highest BCUT2D eigenvalue weighted by Gasteiger charge is 2.38. The molecule has 1 aliphatic heterocycles. The maximum Gasteiger partial charge on any atom is 0.351 e. The van der Waals surface area contributed by atoms with Crippen molar-refractivity contribution in [2.75, 3.05) is 11.9 Å². The van der Waals surface area contributed by atoms with Crippen LogP contribution in [0.25, 0.3) is 0 Å². The van der Waals surface area contributed by atoms with Gasteiger partial charge in [-0.05, 0) is 6.07 Å². The molecule has 1 amide bonds. The Bertz CT molecular complexity index is 628. The lowest BCUT2D eigenvalue weighted by molar-refractivity contribution is -0.150. The molecule has 120 valence electrons. The second kappa shape index (κ2) is 6.67. The molecule has 9 nitrogen and oxygen atoms in total. The molecule has 0 bridgehead atoms. The molecule has 9 heteroatoms. The Kier molecular flexibility index (Phi) is 4.88. The molecule has 22 heavy (non-hydrogen) atoms. The van der Waals surface area contributed by atoms with Gasteiger partial charge in [-0.15, -0.1) is 0 Å². The van der Waals surface area contributed by atoms with E-state index in [0.717, 1.165) is 0 Å². The lowest BCUT2D eigenvalue weighted by Crippen LogP contribution is -2.29. The molecule has 0 radical (unpaired) electrons. The first-order valence-corrected chi connectivity index (χ1v) is 6.71. The lowest BCUT2D eigenvalue weighted by atomic mass is 10.2. The summed E-state index contributed by atoms with van der Waals surface area (Å²) in [6.45, 7) is 2.24. The van der Waals surface area contributed by atoms with Crippen LogP contribution in [0, 0.1) is 0 Å². The zero-order valence-corrected chi connectivity index (χ0v) is 12.2. The molecule has 1 aromatic rings. The molecule has 3 atom stereocenters. The average Bonchev–Trinajstić information content (AvgIpc) is 2.80. The van der Waals surface area contributed by atoms with Crippen molar-refractivity contribution >= 4 is 17.7 Å². The summed E-state index contributed by atoms with van der Waals surface area (Å²) in [5.74, 6) is -0.682. The Hall–Kier alpha value is -2.26. The minimum Gasteiger partial charge on any atom is -0.460 e. The number of hydrogen-bond acceptors (Lipinski definition) is 7. The zero-order valence-electron chi connectivity index (χ0n) is 12.2. The smallest absolute Gasteiger partial charge is 0.351 e. The first-order valence-electron chi connectivity index (χ1n) is 6.71. The summed E-state index contributed by atoms with van der Waals surface area (Å²) in [7, 11) is 0. The third kappa shape index (κ3) is 3.68. The van der Waals surface area contributed by atoms with Gasteiger partial charge < -0.3 is 19.9 Å². The summed E-state index contributed by atoms with van der Waals surface area (Å²) in [4.78, 5) is 37.7. The quantitative estimate of drug-likeness (QED) is 0.713. The fraction of sp³-hybridized carbons (Fsp3) is 0.538. The summed E-state index contributed by atoms with van der Waals surface area (Å²) in [6.07, 6.45) is -0.375. The molecule has 2 rings (SSSR count). The van der Waals surface area contributed by atoms with Crippen LogP contribution in [0.1, 0.15) is 26.5 Å². The van der Waals surface area contributed by atoms with Crippen LogP contribution in [-0.2, 0) is 19.1 Å². The fourth-order valence-corrected chi connectivity index (χ4v) is 2.25. The number of esters is 1. The molecular formula is C13H17N3O6. The molecule has 0 spiro atoms. The van der Waals surface area contributed by atoms with Crippen molar-refractivity contribution in [3.63, 3.8) is 0 Å². The number of carbonyl (C=O) groups is 2. The number of amides is 1. The van der Waals surface area contributed by atoms with Gasteiger partial charge >= 0.3 is 11.7 Å². The second-order valence-corrected chi connectivity index (χ2v) is 4.88. The van der Waals surface area contributed by atoms with Crippen molar-refractivity contribution in [1.82, 2.24) is 9.55 Å². The molecule has 1 unspecified atom stereocenters. The average molecular weight is 311 g/mol. The van der Waals surface area contributed by atoms with E-state index >= 15 is 0 Å². The van der Waals surface area contributed by atoms with Gasteiger partial charge in [0.2, 0.25) is 5.91 Å². The molecule has 2 heterocycles. The van der Waals surface area contributed by atoms with Gasteiger partial charge in [0.15, 0.2) is 0 Å². The van der Waals surface area contributed by atoms with Gasteiger partial charge in [0.1, 0.15) is 24.3 Å². The molecule has 1 aliphatic rings. The number of aliphatic hydroxyl groups is 1. The summed E-state index contributed by atoms with van der Waals surface area (Å²) < 4.78 is 11.8. The van der Waals surface area contributed by atoms with Crippen LogP contribution in [0.3, 0.4) is 0 Å². The van der Waals surface area contributed by atoms with E-state index in [-0.39, 0.29) is 24.8 Å². The number of anilines is 1. The van der Waals surface area contributed by atoms with Crippen LogP contribution in [0.2, 0.25) is 0 Å². The van der Waals surface area contributed by atoms with Crippen LogP contribution in [0.15, 0.2) is 17.1 Å². The second-order valence-electron chi connectivity index (χ2n) is 4.88. The summed E-state index contributed by atoms with van der Waals surface area (Å²) in [5.41, 5.74) is -0.614. The van der Waals surface area contributed by atoms with E-state index in [0.29, 0.717) is 0 Å². The van der Waals surface area contributed by atoms with E-state index in [1.54, 1.807) is 0 Å². The van der Waals surface area contributed by atoms with E-state index in [2.05, 4.69) is 10.3 Å². The maximum absolute atomic E-state index is 12.0. The van der Waals surface area contributed by atoms with Crippen LogP contribution in [0.4, 0.5) is 5.82 Å². The monoisotopic (exact) mass is 311 g/mol. The van der Waals surface area contributed by atoms with Gasteiger partial charge in [-0.2, -0.15) is 4.98 Å². The molecule has 0 saturated carbocycles. The number of aromatic nitrogens is 2. The van der Waals surface area contributed by atoms with E-state index in [1.807, 2.05) is 0 Å². The maximum atomic E-state index is 12.0. The molecule has 1 saturated heterocycles. The van der Waals surface area contributed by atoms with Crippen molar-refractivity contribution in [3.05, 3.63) is 22.7 Å². The Labute approximate surface area is 125 Å². The van der Waals surface area contributed by atoms with Gasteiger partial charge in [-0.25, -0.2) is 4.79 Å². The van der Waals surface area contributed by atoms with Crippen LogP contribution in [-0.4, -0.2) is 45.3 Å². The van der Waals surface area contributed by atoms with E-state index < -0.39 is 30.1 Å². The topological polar surface area (TPSA) is 120 Å². The van der Waals surface area contributed by atoms with Crippen molar-refractivity contribution in [2.45, 2.75) is 38.7 Å². The van der Waals surface area contributed by atoms with Gasteiger partial charge in [0.25, 0.3) is 0 Å². The van der Waals surface area contributed by atoms with Gasteiger partial charge in [0.05, 0.1) is 6.61 Å². The highest BCUT2D eigenvalue weighted by Crippen LogP contribution is 2.29. The highest BCUT2D eigenvalue weighted by atomic mass is 16.6. The first-order chi connectivity index (χ1) is 10.4. The number of ether oxygens (including phenoxy) is 2. The largest absolute Gasteiger partial charge is 0.460 e. The minimum absolute atomic E-state index is 0.141. The third-order valence-corrected chi connectivity index (χ3v) is 3.12. The number of rotatable bonds is 4. The molecule has 0 aliphatic carbocycles. The summed E-state index contributed by atoms with van der Waals surface area (Å²) >= 11 is 0. The molecule has 1 aromatic heterocycles. The van der Waals surface area contributed by atoms with Crippen LogP contribution in [0.5, 0.6) is 0 Å². The fourth-order valence-electron chi connectivity index (χ4n) is 2.25. The van der Waals surface area contributed by atoms with E-state index in [4.69, 9.17) is 9.47 Å². The number of nitrogens with zero attached hydrogens (tertiary/aromatic N) is 2. The van der Waals surface area contributed by atoms with Crippen molar-refractivity contribution in [3.8, 4) is 0 Å². The molecule has 1 fully saturated rings. The predicted octanol–water partition coefficient (Wildman–Crippen LogP) is -0.587.